The summed E-state index contributed by atoms with van der Waals surface area (Å²) < 4.78 is 27.2. The van der Waals surface area contributed by atoms with Crippen molar-refractivity contribution in [2.24, 2.45) is 4.99 Å². The molecule has 0 unspecified atom stereocenters. The fraction of sp³-hybridized carbons (Fsp3) is 0.343. The molecule has 0 radical (unpaired) electrons. The molecule has 4 aromatic rings. The monoisotopic (exact) mass is 627 g/mol. The van der Waals surface area contributed by atoms with Gasteiger partial charge >= 0.3 is 5.97 Å². The van der Waals surface area contributed by atoms with Crippen molar-refractivity contribution in [2.45, 2.75) is 52.3 Å². The van der Waals surface area contributed by atoms with Gasteiger partial charge in [0.25, 0.3) is 5.56 Å². The second-order valence-corrected chi connectivity index (χ2v) is 12.1. The van der Waals surface area contributed by atoms with Gasteiger partial charge in [0.05, 0.1) is 42.7 Å². The molecule has 2 aromatic heterocycles. The maximum atomic E-state index is 14.4. The smallest absolute Gasteiger partial charge is 0.338 e. The van der Waals surface area contributed by atoms with Crippen LogP contribution in [0.1, 0.15) is 53.9 Å². The minimum Gasteiger partial charge on any atom is -0.497 e. The van der Waals surface area contributed by atoms with Crippen molar-refractivity contribution in [1.82, 2.24) is 9.13 Å². The van der Waals surface area contributed by atoms with E-state index in [1.807, 2.05) is 36.4 Å². The molecule has 0 aliphatic carbocycles. The molecule has 0 amide bonds. The van der Waals surface area contributed by atoms with E-state index >= 15 is 0 Å². The summed E-state index contributed by atoms with van der Waals surface area (Å²) in [4.78, 5) is 33.7. The minimum absolute atomic E-state index is 0.165. The fourth-order valence-corrected chi connectivity index (χ4v) is 7.17. The number of ether oxygens (including phenoxy) is 4. The maximum Gasteiger partial charge on any atom is 0.338 e. The number of aryl methyl sites for hydroxylation is 1. The summed E-state index contributed by atoms with van der Waals surface area (Å²) in [5.74, 6) is 0.513. The highest BCUT2D eigenvalue weighted by Crippen LogP contribution is 2.40. The van der Waals surface area contributed by atoms with Gasteiger partial charge in [-0.25, -0.2) is 9.79 Å². The average molecular weight is 628 g/mol. The number of carbonyl (C=O) groups is 1. The summed E-state index contributed by atoms with van der Waals surface area (Å²) in [5, 5.41) is 0. The topological polar surface area (TPSA) is 93.3 Å². The Morgan fingerprint density at radius 3 is 2.60 bits per heavy atom. The predicted octanol–water partition coefficient (Wildman–Crippen LogP) is 4.55. The van der Waals surface area contributed by atoms with Gasteiger partial charge in [0.1, 0.15) is 17.5 Å². The molecule has 1 fully saturated rings. The number of hydrogen-bond acceptors (Lipinski definition) is 8. The zero-order valence-electron chi connectivity index (χ0n) is 26.2. The van der Waals surface area contributed by atoms with Gasteiger partial charge in [-0.15, -0.1) is 0 Å². The van der Waals surface area contributed by atoms with Crippen LogP contribution in [-0.2, 0) is 20.8 Å². The number of carbonyl (C=O) groups excluding carboxylic acids is 1. The van der Waals surface area contributed by atoms with E-state index in [1.54, 1.807) is 43.9 Å². The molecule has 0 spiro atoms. The van der Waals surface area contributed by atoms with Crippen LogP contribution < -0.4 is 24.4 Å². The molecule has 2 atom stereocenters. The molecule has 2 aliphatic heterocycles. The predicted molar refractivity (Wildman–Crippen MR) is 173 cm³/mol. The van der Waals surface area contributed by atoms with Gasteiger partial charge in [-0.2, -0.15) is 0 Å². The van der Waals surface area contributed by atoms with Gasteiger partial charge in [-0.1, -0.05) is 41.7 Å². The van der Waals surface area contributed by atoms with Crippen LogP contribution in [0.3, 0.4) is 0 Å². The molecule has 234 valence electrons. The maximum absolute atomic E-state index is 14.4. The van der Waals surface area contributed by atoms with E-state index < -0.39 is 12.0 Å². The lowest BCUT2D eigenvalue weighted by Crippen LogP contribution is -2.40. The third-order valence-electron chi connectivity index (χ3n) is 8.41. The summed E-state index contributed by atoms with van der Waals surface area (Å²) in [5.41, 5.74) is 4.91. The Kier molecular flexibility index (Phi) is 8.78. The lowest BCUT2D eigenvalue weighted by molar-refractivity contribution is -0.138. The van der Waals surface area contributed by atoms with Gasteiger partial charge in [0, 0.05) is 35.7 Å². The average Bonchev–Trinajstić information content (AvgIpc) is 3.75. The summed E-state index contributed by atoms with van der Waals surface area (Å²) in [6.45, 7) is 7.65. The van der Waals surface area contributed by atoms with E-state index in [0.717, 1.165) is 48.5 Å². The van der Waals surface area contributed by atoms with Gasteiger partial charge in [0.2, 0.25) is 0 Å². The highest BCUT2D eigenvalue weighted by atomic mass is 32.1. The van der Waals surface area contributed by atoms with E-state index in [2.05, 4.69) is 24.5 Å². The Balaban J connectivity index is 1.60. The van der Waals surface area contributed by atoms with E-state index in [1.165, 1.54) is 11.3 Å². The molecule has 9 nitrogen and oxygen atoms in total. The second kappa shape index (κ2) is 12.9. The van der Waals surface area contributed by atoms with Gasteiger partial charge in [0.15, 0.2) is 4.80 Å². The number of nitrogens with zero attached hydrogens (tertiary/aromatic N) is 3. The van der Waals surface area contributed by atoms with E-state index in [4.69, 9.17) is 23.9 Å². The molecule has 2 aliphatic rings. The standard InChI is InChI=1S/C35H37N3O6S/c1-6-43-34(40)30-31(23-11-8-7-9-12-23)36-35-38(32(30)27-19-25(41-4)14-15-28(27)42-5)33(39)29(45-35)18-24-17-21(2)37(22(24)3)20-26-13-10-16-44-26/h7-9,11-12,14-15,17-19,26,32H,6,10,13,16,20H2,1-5H3/b29-18-/t26-,32+/m1/s1. The van der Waals surface area contributed by atoms with E-state index in [9.17, 15) is 9.59 Å². The van der Waals surface area contributed by atoms with Gasteiger partial charge in [-0.05, 0) is 69.5 Å². The number of hydrogen-bond donors (Lipinski definition) is 0. The molecule has 6 rings (SSSR count). The molecule has 1 saturated heterocycles. The van der Waals surface area contributed by atoms with E-state index in [0.29, 0.717) is 32.1 Å². The number of fused-ring (bicyclic) bond motifs is 1. The molecule has 0 saturated carbocycles. The minimum atomic E-state index is -0.880. The third-order valence-corrected chi connectivity index (χ3v) is 9.40. The van der Waals surface area contributed by atoms with Gasteiger partial charge in [-0.3, -0.25) is 9.36 Å². The highest BCUT2D eigenvalue weighted by Gasteiger charge is 2.37. The largest absolute Gasteiger partial charge is 0.497 e. The number of thiazole rings is 1. The molecule has 10 heteroatoms. The Labute approximate surface area is 265 Å². The summed E-state index contributed by atoms with van der Waals surface area (Å²) in [6, 6.07) is 16.1. The first kappa shape index (κ1) is 30.6. The number of aromatic nitrogens is 2. The highest BCUT2D eigenvalue weighted by molar-refractivity contribution is 7.07. The van der Waals surface area contributed by atoms with Crippen LogP contribution >= 0.6 is 11.3 Å². The number of esters is 1. The van der Waals surface area contributed by atoms with Crippen LogP contribution in [0.25, 0.3) is 11.8 Å². The Morgan fingerprint density at radius 1 is 1.11 bits per heavy atom. The SMILES string of the molecule is CCOC(=O)C1=C(c2ccccc2)N=c2s/c(=C\c3cc(C)n(C[C@H]4CCCO4)c3C)c(=O)n2[C@H]1c1cc(OC)ccc1OC. The molecule has 0 N–H and O–H groups in total. The lowest BCUT2D eigenvalue weighted by atomic mass is 9.92. The van der Waals surface area contributed by atoms with Crippen LogP contribution in [-0.4, -0.2) is 48.6 Å². The van der Waals surface area contributed by atoms with Crippen LogP contribution in [0.15, 0.2) is 70.0 Å². The quantitative estimate of drug-likeness (QED) is 0.253. The Morgan fingerprint density at radius 2 is 1.91 bits per heavy atom. The van der Waals surface area contributed by atoms with Crippen molar-refractivity contribution in [3.8, 4) is 11.5 Å². The Hall–Kier alpha value is -4.41. The molecule has 0 bridgehead atoms. The molecule has 4 heterocycles. The molecule has 45 heavy (non-hydrogen) atoms. The van der Waals surface area contributed by atoms with Gasteiger partial charge < -0.3 is 23.5 Å². The van der Waals surface area contributed by atoms with Crippen LogP contribution in [0.2, 0.25) is 0 Å². The van der Waals surface area contributed by atoms with Crippen molar-refractivity contribution in [3.05, 3.63) is 108 Å². The number of benzene rings is 2. The number of rotatable bonds is 9. The molecular weight excluding hydrogens is 590 g/mol. The third kappa shape index (κ3) is 5.76. The van der Waals surface area contributed by atoms with Crippen molar-refractivity contribution >= 4 is 29.1 Å². The second-order valence-electron chi connectivity index (χ2n) is 11.1. The van der Waals surface area contributed by atoms with Crippen LogP contribution in [0.4, 0.5) is 0 Å². The first-order chi connectivity index (χ1) is 21.8. The zero-order valence-corrected chi connectivity index (χ0v) is 27.0. The summed E-state index contributed by atoms with van der Waals surface area (Å²) in [6.07, 6.45) is 4.25. The van der Waals surface area contributed by atoms with Crippen LogP contribution in [0.5, 0.6) is 11.5 Å². The van der Waals surface area contributed by atoms with E-state index in [-0.39, 0.29) is 23.8 Å². The first-order valence-corrected chi connectivity index (χ1v) is 15.9. The van der Waals surface area contributed by atoms with Crippen molar-refractivity contribution in [1.29, 1.82) is 0 Å². The Bertz CT molecular complexity index is 1950. The van der Waals surface area contributed by atoms with Crippen LogP contribution in [0, 0.1) is 13.8 Å². The van der Waals surface area contributed by atoms with Crippen molar-refractivity contribution < 1.29 is 23.7 Å². The lowest BCUT2D eigenvalue weighted by Gasteiger charge is -2.27. The van der Waals surface area contributed by atoms with Crippen molar-refractivity contribution in [2.75, 3.05) is 27.4 Å². The first-order valence-electron chi connectivity index (χ1n) is 15.1. The zero-order chi connectivity index (χ0) is 31.7. The molecular formula is C35H37N3O6S. The summed E-state index contributed by atoms with van der Waals surface area (Å²) in [7, 11) is 3.14. The van der Waals surface area contributed by atoms with Crippen molar-refractivity contribution in [3.63, 3.8) is 0 Å². The summed E-state index contributed by atoms with van der Waals surface area (Å²) >= 11 is 1.30. The number of methoxy groups -OCH3 is 2. The normalized spacial score (nSPS) is 18.1. The molecule has 2 aromatic carbocycles. The fourth-order valence-electron chi connectivity index (χ4n) is 6.18.